The summed E-state index contributed by atoms with van der Waals surface area (Å²) < 4.78 is 25.2. The average Bonchev–Trinajstić information content (AvgIpc) is 3.18. The first-order valence-electron chi connectivity index (χ1n) is 9.04. The number of carbonyl (C=O) groups is 2. The van der Waals surface area contributed by atoms with E-state index in [1.807, 2.05) is 0 Å². The lowest BCUT2D eigenvalue weighted by Gasteiger charge is -2.37. The van der Waals surface area contributed by atoms with Crippen LogP contribution in [0.1, 0.15) is 16.1 Å². The van der Waals surface area contributed by atoms with Crippen LogP contribution in [-0.2, 0) is 15.1 Å². The molecule has 1 aromatic heterocycles. The Morgan fingerprint density at radius 3 is 2.90 bits per heavy atom. The number of nitrogens with zero attached hydrogens (tertiary/aromatic N) is 4. The lowest BCUT2D eigenvalue weighted by molar-refractivity contribution is -0.133. The predicted octanol–water partition coefficient (Wildman–Crippen LogP) is 0.505. The lowest BCUT2D eigenvalue weighted by Crippen LogP contribution is -2.54. The smallest absolute Gasteiger partial charge is 0.275 e. The molecular weight excluding hydrogens is 395 g/mol. The maximum Gasteiger partial charge on any atom is 0.275 e. The Kier molecular flexibility index (Phi) is 4.82. The Hall–Kier alpha value is -3.60. The van der Waals surface area contributed by atoms with Crippen molar-refractivity contribution in [3.05, 3.63) is 47.7 Å². The van der Waals surface area contributed by atoms with Gasteiger partial charge in [0.1, 0.15) is 17.1 Å². The summed E-state index contributed by atoms with van der Waals surface area (Å²) in [5.74, 6) is -1.90. The molecule has 3 heterocycles. The number of amides is 2. The minimum atomic E-state index is -1.29. The molecule has 2 aliphatic rings. The number of ether oxygens (including phenoxy) is 2. The van der Waals surface area contributed by atoms with E-state index in [2.05, 4.69) is 20.3 Å². The highest BCUT2D eigenvalue weighted by atomic mass is 19.1. The molecule has 2 atom stereocenters. The minimum absolute atomic E-state index is 0.00375. The second-order valence-corrected chi connectivity index (χ2v) is 6.95. The minimum Gasteiger partial charge on any atom is -0.480 e. The quantitative estimate of drug-likeness (QED) is 0.745. The summed E-state index contributed by atoms with van der Waals surface area (Å²) in [5, 5.41) is 2.65. The Morgan fingerprint density at radius 2 is 2.20 bits per heavy atom. The Morgan fingerprint density at radius 1 is 1.40 bits per heavy atom. The van der Waals surface area contributed by atoms with E-state index in [0.717, 1.165) is 0 Å². The van der Waals surface area contributed by atoms with Crippen molar-refractivity contribution in [3.63, 3.8) is 0 Å². The summed E-state index contributed by atoms with van der Waals surface area (Å²) in [5.41, 5.74) is 5.08. The van der Waals surface area contributed by atoms with E-state index >= 15 is 0 Å². The van der Waals surface area contributed by atoms with E-state index in [0.29, 0.717) is 5.69 Å². The number of nitrogens with one attached hydrogen (secondary N) is 1. The van der Waals surface area contributed by atoms with Gasteiger partial charge in [-0.1, -0.05) is 0 Å². The van der Waals surface area contributed by atoms with Crippen LogP contribution in [0.25, 0.3) is 0 Å². The number of halogens is 1. The monoisotopic (exact) mass is 414 g/mol. The zero-order valence-electron chi connectivity index (χ0n) is 16.3. The molecule has 0 spiro atoms. The van der Waals surface area contributed by atoms with E-state index in [9.17, 15) is 14.0 Å². The standard InChI is InChI=1S/C19H19FN6O4/c1-26-17(28)12-8-30-9-19(12,25-18(26)21)11-5-10(3-4-13(11)20)24-16(27)14-6-23-15(29-2)7-22-14/h3-7,12H,8-9H2,1-2H3,(H2,21,25)(H,24,27). The fourth-order valence-corrected chi connectivity index (χ4v) is 3.58. The highest BCUT2D eigenvalue weighted by Gasteiger charge is 2.54. The van der Waals surface area contributed by atoms with Crippen molar-refractivity contribution < 1.29 is 23.5 Å². The third-order valence-electron chi connectivity index (χ3n) is 5.23. The first-order chi connectivity index (χ1) is 14.4. The van der Waals surface area contributed by atoms with Crippen LogP contribution in [0.15, 0.2) is 35.6 Å². The van der Waals surface area contributed by atoms with Crippen molar-refractivity contribution >= 4 is 23.5 Å². The summed E-state index contributed by atoms with van der Waals surface area (Å²) in [6.45, 7) is 0.0909. The second kappa shape index (κ2) is 7.34. The van der Waals surface area contributed by atoms with Crippen LogP contribution in [0.4, 0.5) is 10.1 Å². The first kappa shape index (κ1) is 19.7. The normalized spacial score (nSPS) is 23.0. The third-order valence-corrected chi connectivity index (χ3v) is 5.23. The van der Waals surface area contributed by atoms with Crippen LogP contribution >= 0.6 is 0 Å². The Balaban J connectivity index is 1.68. The lowest BCUT2D eigenvalue weighted by atomic mass is 9.78. The molecule has 0 radical (unpaired) electrons. The zero-order chi connectivity index (χ0) is 21.5. The van der Waals surface area contributed by atoms with Crippen LogP contribution in [0, 0.1) is 11.7 Å². The molecule has 11 heteroatoms. The van der Waals surface area contributed by atoms with Gasteiger partial charge in [-0.2, -0.15) is 0 Å². The van der Waals surface area contributed by atoms with E-state index in [1.165, 1.54) is 49.7 Å². The summed E-state index contributed by atoms with van der Waals surface area (Å²) in [7, 11) is 2.94. The molecule has 2 unspecified atom stereocenters. The van der Waals surface area contributed by atoms with E-state index < -0.39 is 23.2 Å². The Labute approximate surface area is 170 Å². The third kappa shape index (κ3) is 3.12. The molecule has 0 saturated carbocycles. The maximum absolute atomic E-state index is 14.8. The largest absolute Gasteiger partial charge is 0.480 e. The molecule has 30 heavy (non-hydrogen) atoms. The highest BCUT2D eigenvalue weighted by Crippen LogP contribution is 2.44. The van der Waals surface area contributed by atoms with Gasteiger partial charge >= 0.3 is 0 Å². The van der Waals surface area contributed by atoms with E-state index in [-0.39, 0.29) is 42.2 Å². The maximum atomic E-state index is 14.8. The molecule has 2 aromatic rings. The molecule has 1 aromatic carbocycles. The molecule has 1 saturated heterocycles. The van der Waals surface area contributed by atoms with Crippen LogP contribution in [0.3, 0.4) is 0 Å². The van der Waals surface area contributed by atoms with Gasteiger partial charge in [0.05, 0.1) is 38.6 Å². The molecule has 1 fully saturated rings. The van der Waals surface area contributed by atoms with Crippen molar-refractivity contribution in [2.24, 2.45) is 16.6 Å². The van der Waals surface area contributed by atoms with Crippen LogP contribution in [0.2, 0.25) is 0 Å². The van der Waals surface area contributed by atoms with Gasteiger partial charge in [0, 0.05) is 18.3 Å². The molecule has 2 aliphatic heterocycles. The number of methoxy groups -OCH3 is 1. The molecule has 3 N–H and O–H groups in total. The van der Waals surface area contributed by atoms with Gasteiger partial charge < -0.3 is 20.5 Å². The van der Waals surface area contributed by atoms with Crippen molar-refractivity contribution in [1.82, 2.24) is 14.9 Å². The van der Waals surface area contributed by atoms with Gasteiger partial charge in [0.2, 0.25) is 11.8 Å². The van der Waals surface area contributed by atoms with Crippen molar-refractivity contribution in [1.29, 1.82) is 0 Å². The zero-order valence-corrected chi connectivity index (χ0v) is 16.3. The summed E-state index contributed by atoms with van der Waals surface area (Å²) in [6, 6.07) is 4.03. The van der Waals surface area contributed by atoms with Gasteiger partial charge in [-0.05, 0) is 18.2 Å². The van der Waals surface area contributed by atoms with E-state index in [4.69, 9.17) is 15.2 Å². The Bertz CT molecular complexity index is 1040. The number of anilines is 1. The number of benzene rings is 1. The molecule has 4 rings (SSSR count). The number of nitrogens with two attached hydrogens (primary N) is 1. The summed E-state index contributed by atoms with van der Waals surface area (Å²) in [6.07, 6.45) is 2.57. The number of carbonyl (C=O) groups excluding carboxylic acids is 2. The van der Waals surface area contributed by atoms with E-state index in [1.54, 1.807) is 0 Å². The molecule has 156 valence electrons. The molecule has 0 bridgehead atoms. The number of hydrogen-bond acceptors (Lipinski definition) is 8. The average molecular weight is 414 g/mol. The summed E-state index contributed by atoms with van der Waals surface area (Å²) in [4.78, 5) is 38.7. The number of aliphatic imine (C=N–C) groups is 1. The van der Waals surface area contributed by atoms with Gasteiger partial charge in [0.25, 0.3) is 5.91 Å². The predicted molar refractivity (Wildman–Crippen MR) is 103 cm³/mol. The molecule has 10 nitrogen and oxygen atoms in total. The molecule has 2 amide bonds. The topological polar surface area (TPSA) is 132 Å². The van der Waals surface area contributed by atoms with Crippen molar-refractivity contribution in [2.45, 2.75) is 5.54 Å². The number of fused-ring (bicyclic) bond motifs is 1. The van der Waals surface area contributed by atoms with Gasteiger partial charge in [0.15, 0.2) is 5.96 Å². The van der Waals surface area contributed by atoms with Gasteiger partial charge in [-0.25, -0.2) is 19.4 Å². The second-order valence-electron chi connectivity index (χ2n) is 6.95. The number of aromatic nitrogens is 2. The van der Waals surface area contributed by atoms with Crippen molar-refractivity contribution in [3.8, 4) is 5.88 Å². The summed E-state index contributed by atoms with van der Waals surface area (Å²) >= 11 is 0. The van der Waals surface area contributed by atoms with Gasteiger partial charge in [-0.3, -0.25) is 14.5 Å². The SMILES string of the molecule is COc1cnc(C(=O)Nc2ccc(F)c(C34COCC3C(=O)N(C)C(N)=N4)c2)cn1. The van der Waals surface area contributed by atoms with Gasteiger partial charge in [-0.15, -0.1) is 0 Å². The molecular formula is C19H19FN6O4. The number of hydrogen-bond donors (Lipinski definition) is 2. The molecule has 0 aliphatic carbocycles. The highest BCUT2D eigenvalue weighted by molar-refractivity contribution is 6.03. The van der Waals surface area contributed by atoms with Crippen molar-refractivity contribution in [2.75, 3.05) is 32.7 Å². The first-order valence-corrected chi connectivity index (χ1v) is 9.04. The fraction of sp³-hybridized carbons (Fsp3) is 0.316. The van der Waals surface area contributed by atoms with Crippen LogP contribution in [0.5, 0.6) is 5.88 Å². The number of rotatable bonds is 4. The number of guanidine groups is 1. The van der Waals surface area contributed by atoms with Crippen LogP contribution in [-0.4, -0.2) is 60.0 Å². The fourth-order valence-electron chi connectivity index (χ4n) is 3.58. The van der Waals surface area contributed by atoms with Crippen LogP contribution < -0.4 is 15.8 Å².